The van der Waals surface area contributed by atoms with Crippen molar-refractivity contribution in [2.45, 2.75) is 17.7 Å². The fourth-order valence-corrected chi connectivity index (χ4v) is 4.55. The normalized spacial score (nSPS) is 15.2. The second-order valence-electron chi connectivity index (χ2n) is 7.52. The van der Waals surface area contributed by atoms with Crippen molar-refractivity contribution < 1.29 is 18.0 Å². The Kier molecular flexibility index (Phi) is 9.12. The van der Waals surface area contributed by atoms with Crippen molar-refractivity contribution in [3.63, 3.8) is 0 Å². The number of anilines is 1. The molecule has 0 saturated carbocycles. The van der Waals surface area contributed by atoms with Crippen molar-refractivity contribution in [3.8, 4) is 0 Å². The monoisotopic (exact) mass is 482 g/mol. The summed E-state index contributed by atoms with van der Waals surface area (Å²) < 4.78 is 24.9. The number of halogens is 1. The Balaban J connectivity index is 0.00000341. The fraction of sp³-hybridized carbons (Fsp3) is 0.364. The zero-order valence-corrected chi connectivity index (χ0v) is 20.0. The summed E-state index contributed by atoms with van der Waals surface area (Å²) in [5.41, 5.74) is 1.73. The highest BCUT2D eigenvalue weighted by Gasteiger charge is 2.26. The van der Waals surface area contributed by atoms with Crippen LogP contribution in [-0.2, 0) is 10.0 Å². The summed E-state index contributed by atoms with van der Waals surface area (Å²) >= 11 is 1.65. The maximum absolute atomic E-state index is 12.7. The molecule has 3 rings (SSSR count). The number of piperidine rings is 1. The number of benzene rings is 2. The van der Waals surface area contributed by atoms with E-state index in [2.05, 4.69) is 9.62 Å². The lowest BCUT2D eigenvalue weighted by Gasteiger charge is -2.30. The average molecular weight is 483 g/mol. The summed E-state index contributed by atoms with van der Waals surface area (Å²) in [6.45, 7) is 1.71. The molecule has 0 atom stereocenters. The van der Waals surface area contributed by atoms with E-state index in [1.165, 1.54) is 0 Å². The van der Waals surface area contributed by atoms with Gasteiger partial charge < -0.3 is 0 Å². The second-order valence-corrected chi connectivity index (χ2v) is 10.1. The number of rotatable bonds is 8. The quantitative estimate of drug-likeness (QED) is 0.452. The molecule has 0 amide bonds. The molecular formula is C22H27ClN2O4S2. The lowest BCUT2D eigenvalue weighted by atomic mass is 9.89. The van der Waals surface area contributed by atoms with E-state index in [1.54, 1.807) is 36.0 Å². The molecule has 2 aromatic carbocycles. The summed E-state index contributed by atoms with van der Waals surface area (Å²) in [5, 5.41) is 0. The van der Waals surface area contributed by atoms with E-state index in [4.69, 9.17) is 0 Å². The minimum atomic E-state index is -3.34. The maximum Gasteiger partial charge on any atom is 0.229 e. The van der Waals surface area contributed by atoms with Crippen LogP contribution in [0.15, 0.2) is 53.4 Å². The summed E-state index contributed by atoms with van der Waals surface area (Å²) in [5.74, 6) is 0.166. The Bertz CT molecular complexity index is 1000. The highest BCUT2D eigenvalue weighted by molar-refractivity contribution is 7.98. The third kappa shape index (κ3) is 7.35. The smallest absolute Gasteiger partial charge is 0.229 e. The molecule has 9 heteroatoms. The molecule has 0 unspecified atom stereocenters. The van der Waals surface area contributed by atoms with Gasteiger partial charge in [0.1, 0.15) is 0 Å². The Morgan fingerprint density at radius 1 is 1.00 bits per heavy atom. The second kappa shape index (κ2) is 11.1. The van der Waals surface area contributed by atoms with Gasteiger partial charge >= 0.3 is 0 Å². The van der Waals surface area contributed by atoms with Gasteiger partial charge in [-0.05, 0) is 68.6 Å². The lowest BCUT2D eigenvalue weighted by Crippen LogP contribution is -2.39. The predicted octanol–water partition coefficient (Wildman–Crippen LogP) is 3.98. The van der Waals surface area contributed by atoms with Crippen LogP contribution in [0.5, 0.6) is 0 Å². The zero-order valence-electron chi connectivity index (χ0n) is 17.5. The van der Waals surface area contributed by atoms with Crippen molar-refractivity contribution in [1.82, 2.24) is 4.90 Å². The molecule has 2 aromatic rings. The van der Waals surface area contributed by atoms with E-state index in [0.29, 0.717) is 30.9 Å². The van der Waals surface area contributed by atoms with Gasteiger partial charge in [0.15, 0.2) is 11.6 Å². The standard InChI is InChI=1S/C22H26N2O4S2.ClH/c1-29-20-9-5-17(6-10-20)22(26)18-11-13-24(14-12-18)15-21(25)16-3-7-19(8-4-16)23-30(2,27)28;/h3-10,18,23H,11-15H2,1-2H3;1H. The van der Waals surface area contributed by atoms with Gasteiger partial charge in [0.2, 0.25) is 10.0 Å². The highest BCUT2D eigenvalue weighted by atomic mass is 35.5. The van der Waals surface area contributed by atoms with Crippen LogP contribution in [0.4, 0.5) is 5.69 Å². The number of carbonyl (C=O) groups excluding carboxylic acids is 2. The third-order valence-corrected chi connectivity index (χ3v) is 6.56. The van der Waals surface area contributed by atoms with Crippen LogP contribution >= 0.6 is 24.2 Å². The zero-order chi connectivity index (χ0) is 21.7. The number of nitrogens with one attached hydrogen (secondary N) is 1. The highest BCUT2D eigenvalue weighted by Crippen LogP contribution is 2.24. The van der Waals surface area contributed by atoms with Crippen molar-refractivity contribution in [2.75, 3.05) is 36.9 Å². The molecule has 1 heterocycles. The van der Waals surface area contributed by atoms with Gasteiger partial charge in [0, 0.05) is 27.6 Å². The van der Waals surface area contributed by atoms with Crippen LogP contribution in [0.1, 0.15) is 33.6 Å². The van der Waals surface area contributed by atoms with Crippen LogP contribution in [-0.4, -0.2) is 57.0 Å². The molecule has 6 nitrogen and oxygen atoms in total. The largest absolute Gasteiger partial charge is 0.296 e. The van der Waals surface area contributed by atoms with Crippen LogP contribution in [0.25, 0.3) is 0 Å². The summed E-state index contributed by atoms with van der Waals surface area (Å²) in [6, 6.07) is 14.2. The molecule has 0 aromatic heterocycles. The number of nitrogens with zero attached hydrogens (tertiary/aromatic N) is 1. The van der Waals surface area contributed by atoms with Gasteiger partial charge in [-0.1, -0.05) is 12.1 Å². The molecular weight excluding hydrogens is 456 g/mol. The number of thioether (sulfide) groups is 1. The Morgan fingerprint density at radius 2 is 1.55 bits per heavy atom. The van der Waals surface area contributed by atoms with Gasteiger partial charge in [0.05, 0.1) is 12.8 Å². The lowest BCUT2D eigenvalue weighted by molar-refractivity contribution is 0.0805. The third-order valence-electron chi connectivity index (χ3n) is 5.21. The van der Waals surface area contributed by atoms with E-state index >= 15 is 0 Å². The first-order chi connectivity index (χ1) is 14.2. The number of ketones is 2. The molecule has 1 aliphatic rings. The van der Waals surface area contributed by atoms with Gasteiger partial charge in [-0.2, -0.15) is 0 Å². The van der Waals surface area contributed by atoms with Crippen LogP contribution in [0.2, 0.25) is 0 Å². The fourth-order valence-electron chi connectivity index (χ4n) is 3.58. The van der Waals surface area contributed by atoms with E-state index in [1.807, 2.05) is 30.5 Å². The topological polar surface area (TPSA) is 83.6 Å². The summed E-state index contributed by atoms with van der Waals surface area (Å²) in [6.07, 6.45) is 4.58. The first-order valence-corrected chi connectivity index (χ1v) is 12.9. The van der Waals surface area contributed by atoms with E-state index < -0.39 is 10.0 Å². The number of Topliss-reactive ketones (excluding diaryl/α,β-unsaturated/α-hetero) is 2. The maximum atomic E-state index is 12.7. The van der Waals surface area contributed by atoms with E-state index in [0.717, 1.165) is 29.6 Å². The van der Waals surface area contributed by atoms with E-state index in [-0.39, 0.29) is 29.9 Å². The van der Waals surface area contributed by atoms with Gasteiger partial charge in [-0.15, -0.1) is 24.2 Å². The van der Waals surface area contributed by atoms with Gasteiger partial charge in [0.25, 0.3) is 0 Å². The van der Waals surface area contributed by atoms with Crippen molar-refractivity contribution in [1.29, 1.82) is 0 Å². The van der Waals surface area contributed by atoms with Crippen LogP contribution < -0.4 is 4.72 Å². The Hall–Kier alpha value is -1.87. The number of hydrogen-bond donors (Lipinski definition) is 1. The van der Waals surface area contributed by atoms with E-state index in [9.17, 15) is 18.0 Å². The number of carbonyl (C=O) groups is 2. The minimum Gasteiger partial charge on any atom is -0.296 e. The molecule has 0 bridgehead atoms. The minimum absolute atomic E-state index is 0. The Morgan fingerprint density at radius 3 is 2.06 bits per heavy atom. The van der Waals surface area contributed by atoms with Gasteiger partial charge in [-0.25, -0.2) is 8.42 Å². The van der Waals surface area contributed by atoms with Crippen LogP contribution in [0.3, 0.4) is 0 Å². The van der Waals surface area contributed by atoms with Crippen molar-refractivity contribution >= 4 is 51.4 Å². The molecule has 1 fully saturated rings. The average Bonchev–Trinajstić information content (AvgIpc) is 2.73. The first-order valence-electron chi connectivity index (χ1n) is 9.77. The SMILES string of the molecule is CSc1ccc(C(=O)C2CCN(CC(=O)c3ccc(NS(C)(=O)=O)cc3)CC2)cc1.Cl. The van der Waals surface area contributed by atoms with Crippen molar-refractivity contribution in [2.24, 2.45) is 5.92 Å². The molecule has 1 aliphatic heterocycles. The summed E-state index contributed by atoms with van der Waals surface area (Å²) in [4.78, 5) is 28.5. The molecule has 0 aliphatic carbocycles. The first kappa shape index (κ1) is 25.4. The Labute approximate surface area is 194 Å². The molecule has 1 saturated heterocycles. The summed E-state index contributed by atoms with van der Waals surface area (Å²) in [7, 11) is -3.34. The predicted molar refractivity (Wildman–Crippen MR) is 128 cm³/mol. The van der Waals surface area contributed by atoms with Crippen LogP contribution in [0, 0.1) is 5.92 Å². The number of sulfonamides is 1. The number of likely N-dealkylation sites (tertiary alicyclic amines) is 1. The number of hydrogen-bond acceptors (Lipinski definition) is 6. The molecule has 0 radical (unpaired) electrons. The van der Waals surface area contributed by atoms with Crippen molar-refractivity contribution in [3.05, 3.63) is 59.7 Å². The molecule has 0 spiro atoms. The molecule has 31 heavy (non-hydrogen) atoms. The molecule has 1 N–H and O–H groups in total. The molecule has 168 valence electrons. The van der Waals surface area contributed by atoms with Gasteiger partial charge in [-0.3, -0.25) is 19.2 Å².